The average molecular weight is 332 g/mol. The van der Waals surface area contributed by atoms with Crippen LogP contribution in [0.25, 0.3) is 0 Å². The standard InChI is InChI=1S/C11H13Cl3O3S/c1-11(2,7-18(14,15)16)6-17-9-5-3-4-8(12)10(9)13/h3-5H,6-7H2,1-2H3. The third kappa shape index (κ3) is 5.22. The molecular weight excluding hydrogens is 319 g/mol. The molecule has 18 heavy (non-hydrogen) atoms. The van der Waals surface area contributed by atoms with Gasteiger partial charge in [-0.2, -0.15) is 0 Å². The summed E-state index contributed by atoms with van der Waals surface area (Å²) in [5, 5.41) is 0.695. The molecule has 0 aromatic heterocycles. The Morgan fingerprint density at radius 2 is 1.89 bits per heavy atom. The lowest BCUT2D eigenvalue weighted by Crippen LogP contribution is -2.28. The van der Waals surface area contributed by atoms with Crippen LogP contribution in [0.1, 0.15) is 13.8 Å². The van der Waals surface area contributed by atoms with Gasteiger partial charge in [0.2, 0.25) is 9.05 Å². The molecule has 0 amide bonds. The zero-order chi connectivity index (χ0) is 14.0. The summed E-state index contributed by atoms with van der Waals surface area (Å²) in [6.07, 6.45) is 0. The highest BCUT2D eigenvalue weighted by Gasteiger charge is 2.26. The van der Waals surface area contributed by atoms with Crippen LogP contribution in [0.3, 0.4) is 0 Å². The van der Waals surface area contributed by atoms with E-state index in [1.54, 1.807) is 32.0 Å². The highest BCUT2D eigenvalue weighted by atomic mass is 35.7. The van der Waals surface area contributed by atoms with Gasteiger partial charge in [0.1, 0.15) is 10.8 Å². The Labute approximate surface area is 121 Å². The topological polar surface area (TPSA) is 43.4 Å². The van der Waals surface area contributed by atoms with Crippen LogP contribution in [0.5, 0.6) is 5.75 Å². The lowest BCUT2D eigenvalue weighted by atomic mass is 9.98. The van der Waals surface area contributed by atoms with Crippen LogP contribution in [-0.2, 0) is 9.05 Å². The van der Waals surface area contributed by atoms with Crippen molar-refractivity contribution in [2.45, 2.75) is 13.8 Å². The van der Waals surface area contributed by atoms with Crippen LogP contribution in [0, 0.1) is 5.41 Å². The molecule has 0 saturated heterocycles. The number of benzene rings is 1. The lowest BCUT2D eigenvalue weighted by molar-refractivity contribution is 0.200. The van der Waals surface area contributed by atoms with Gasteiger partial charge in [-0.15, -0.1) is 0 Å². The monoisotopic (exact) mass is 330 g/mol. The van der Waals surface area contributed by atoms with Crippen LogP contribution in [0.4, 0.5) is 0 Å². The molecular formula is C11H13Cl3O3S. The molecule has 1 rings (SSSR count). The molecule has 0 N–H and O–H groups in total. The summed E-state index contributed by atoms with van der Waals surface area (Å²) in [5.74, 6) is 0.240. The molecule has 102 valence electrons. The van der Waals surface area contributed by atoms with E-state index < -0.39 is 14.5 Å². The van der Waals surface area contributed by atoms with Gasteiger partial charge in [-0.1, -0.05) is 43.1 Å². The molecule has 0 bridgehead atoms. The third-order valence-corrected chi connectivity index (χ3v) is 4.35. The Balaban J connectivity index is 2.73. The molecule has 0 heterocycles. The second kappa shape index (κ2) is 5.87. The van der Waals surface area contributed by atoms with Crippen molar-refractivity contribution in [3.8, 4) is 5.75 Å². The van der Waals surface area contributed by atoms with Crippen LogP contribution >= 0.6 is 33.9 Å². The number of halogens is 3. The number of hydrogen-bond donors (Lipinski definition) is 0. The van der Waals surface area contributed by atoms with Crippen molar-refractivity contribution in [3.63, 3.8) is 0 Å². The fourth-order valence-corrected chi connectivity index (χ4v) is 3.63. The molecule has 0 saturated carbocycles. The Bertz CT molecular complexity index is 526. The third-order valence-electron chi connectivity index (χ3n) is 2.10. The molecule has 0 atom stereocenters. The minimum Gasteiger partial charge on any atom is -0.491 e. The van der Waals surface area contributed by atoms with E-state index in [2.05, 4.69) is 0 Å². The smallest absolute Gasteiger partial charge is 0.233 e. The number of hydrogen-bond acceptors (Lipinski definition) is 3. The lowest BCUT2D eigenvalue weighted by Gasteiger charge is -2.23. The molecule has 7 heteroatoms. The molecule has 0 spiro atoms. The fraction of sp³-hybridized carbons (Fsp3) is 0.455. The SMILES string of the molecule is CC(C)(COc1cccc(Cl)c1Cl)CS(=O)(=O)Cl. The first-order valence-corrected chi connectivity index (χ1v) is 8.33. The predicted octanol–water partition coefficient (Wildman–Crippen LogP) is 3.97. The van der Waals surface area contributed by atoms with Crippen LogP contribution in [0.2, 0.25) is 10.0 Å². The van der Waals surface area contributed by atoms with Gasteiger partial charge in [-0.05, 0) is 12.1 Å². The van der Waals surface area contributed by atoms with Crippen molar-refractivity contribution >= 4 is 42.9 Å². The first-order chi connectivity index (χ1) is 8.11. The van der Waals surface area contributed by atoms with Crippen molar-refractivity contribution in [1.82, 2.24) is 0 Å². The van der Waals surface area contributed by atoms with E-state index in [9.17, 15) is 8.42 Å². The van der Waals surface area contributed by atoms with Crippen LogP contribution < -0.4 is 4.74 Å². The molecule has 0 fully saturated rings. The minimum atomic E-state index is -3.57. The van der Waals surface area contributed by atoms with Gasteiger partial charge in [0, 0.05) is 16.1 Å². The van der Waals surface area contributed by atoms with Crippen LogP contribution in [0.15, 0.2) is 18.2 Å². The summed E-state index contributed by atoms with van der Waals surface area (Å²) < 4.78 is 27.6. The molecule has 1 aromatic rings. The Morgan fingerprint density at radius 1 is 1.28 bits per heavy atom. The summed E-state index contributed by atoms with van der Waals surface area (Å²) in [7, 11) is 1.65. The minimum absolute atomic E-state index is 0.166. The van der Waals surface area contributed by atoms with Crippen molar-refractivity contribution in [3.05, 3.63) is 28.2 Å². The molecule has 0 radical (unpaired) electrons. The quantitative estimate of drug-likeness (QED) is 0.767. The van der Waals surface area contributed by atoms with Gasteiger partial charge >= 0.3 is 0 Å². The maximum absolute atomic E-state index is 11.0. The zero-order valence-electron chi connectivity index (χ0n) is 9.91. The molecule has 1 aromatic carbocycles. The van der Waals surface area contributed by atoms with Gasteiger partial charge in [-0.3, -0.25) is 0 Å². The van der Waals surface area contributed by atoms with E-state index in [1.165, 1.54) is 0 Å². The number of rotatable bonds is 5. The van der Waals surface area contributed by atoms with Gasteiger partial charge in [0.25, 0.3) is 0 Å². The van der Waals surface area contributed by atoms with E-state index in [4.69, 9.17) is 38.6 Å². The summed E-state index contributed by atoms with van der Waals surface area (Å²) >= 11 is 11.8. The van der Waals surface area contributed by atoms with E-state index in [-0.39, 0.29) is 12.4 Å². The first-order valence-electron chi connectivity index (χ1n) is 5.10. The van der Waals surface area contributed by atoms with Gasteiger partial charge in [0.05, 0.1) is 17.4 Å². The predicted molar refractivity (Wildman–Crippen MR) is 75.4 cm³/mol. The van der Waals surface area contributed by atoms with Crippen LogP contribution in [-0.4, -0.2) is 20.8 Å². The Kier molecular flexibility index (Phi) is 5.18. The fourth-order valence-electron chi connectivity index (χ4n) is 1.38. The van der Waals surface area contributed by atoms with E-state index in [1.807, 2.05) is 0 Å². The van der Waals surface area contributed by atoms with Gasteiger partial charge in [0.15, 0.2) is 0 Å². The number of ether oxygens (including phenoxy) is 1. The van der Waals surface area contributed by atoms with Crippen molar-refractivity contribution in [2.75, 3.05) is 12.4 Å². The second-order valence-corrected chi connectivity index (χ2v) is 8.25. The molecule has 0 aliphatic heterocycles. The molecule has 0 unspecified atom stereocenters. The largest absolute Gasteiger partial charge is 0.491 e. The second-order valence-electron chi connectivity index (χ2n) is 4.69. The summed E-state index contributed by atoms with van der Waals surface area (Å²) in [6, 6.07) is 5.01. The highest BCUT2D eigenvalue weighted by Crippen LogP contribution is 2.32. The summed E-state index contributed by atoms with van der Waals surface area (Å²) in [5.41, 5.74) is -0.619. The zero-order valence-corrected chi connectivity index (χ0v) is 13.0. The van der Waals surface area contributed by atoms with Gasteiger partial charge in [-0.25, -0.2) is 8.42 Å². The van der Waals surface area contributed by atoms with Crippen molar-refractivity contribution in [1.29, 1.82) is 0 Å². The van der Waals surface area contributed by atoms with E-state index >= 15 is 0 Å². The summed E-state index contributed by atoms with van der Waals surface area (Å²) in [6.45, 7) is 3.65. The molecule has 0 aliphatic carbocycles. The maximum atomic E-state index is 11.0. The molecule has 0 aliphatic rings. The van der Waals surface area contributed by atoms with E-state index in [0.717, 1.165) is 0 Å². The Morgan fingerprint density at radius 3 is 2.44 bits per heavy atom. The van der Waals surface area contributed by atoms with Crippen molar-refractivity contribution in [2.24, 2.45) is 5.41 Å². The normalized spacial score (nSPS) is 12.5. The first kappa shape index (κ1) is 15.9. The molecule has 3 nitrogen and oxygen atoms in total. The summed E-state index contributed by atoms with van der Waals surface area (Å²) in [4.78, 5) is 0. The van der Waals surface area contributed by atoms with E-state index in [0.29, 0.717) is 15.8 Å². The Hall–Kier alpha value is -0.160. The van der Waals surface area contributed by atoms with Gasteiger partial charge < -0.3 is 4.74 Å². The maximum Gasteiger partial charge on any atom is 0.233 e. The highest BCUT2D eigenvalue weighted by molar-refractivity contribution is 8.13. The van der Waals surface area contributed by atoms with Crippen molar-refractivity contribution < 1.29 is 13.2 Å². The average Bonchev–Trinajstić information content (AvgIpc) is 2.17.